The molecule has 2 unspecified atom stereocenters. The van der Waals surface area contributed by atoms with Crippen molar-refractivity contribution in [2.75, 3.05) is 25.0 Å². The third kappa shape index (κ3) is 4.03. The Labute approximate surface area is 200 Å². The summed E-state index contributed by atoms with van der Waals surface area (Å²) in [6.07, 6.45) is 0.751. The van der Waals surface area contributed by atoms with Gasteiger partial charge in [-0.15, -0.1) is 0 Å². The zero-order valence-electron chi connectivity index (χ0n) is 18.4. The van der Waals surface area contributed by atoms with Gasteiger partial charge in [0.15, 0.2) is 5.13 Å². The number of nitrogens with zero attached hydrogens (tertiary/aromatic N) is 2. The largest absolute Gasteiger partial charge is 0.481 e. The van der Waals surface area contributed by atoms with Crippen molar-refractivity contribution >= 4 is 34.4 Å². The number of benzene rings is 2. The first-order chi connectivity index (χ1) is 16.4. The van der Waals surface area contributed by atoms with Crippen LogP contribution in [0.2, 0.25) is 0 Å². The Kier molecular flexibility index (Phi) is 5.79. The van der Waals surface area contributed by atoms with E-state index in [1.54, 1.807) is 0 Å². The number of carbonyl (C=O) groups excluding carboxylic acids is 2. The van der Waals surface area contributed by atoms with Gasteiger partial charge in [-0.25, -0.2) is 9.78 Å². The van der Waals surface area contributed by atoms with Gasteiger partial charge in [-0.1, -0.05) is 66.8 Å². The lowest BCUT2D eigenvalue weighted by Gasteiger charge is -2.14. The number of ether oxygens (including phenoxy) is 1. The molecule has 2 N–H and O–H groups in total. The van der Waals surface area contributed by atoms with Crippen LogP contribution in [0.25, 0.3) is 11.1 Å². The maximum atomic E-state index is 12.8. The minimum atomic E-state index is -0.898. The number of nitrogens with one attached hydrogen (secondary N) is 1. The monoisotopic (exact) mass is 477 g/mol. The molecule has 0 spiro atoms. The molecule has 2 aliphatic rings. The lowest BCUT2D eigenvalue weighted by Crippen LogP contribution is -2.29. The lowest BCUT2D eigenvalue weighted by atomic mass is 9.98. The summed E-state index contributed by atoms with van der Waals surface area (Å²) in [5.41, 5.74) is 4.55. The smallest absolute Gasteiger partial charge is 0.413 e. The van der Waals surface area contributed by atoms with Crippen molar-refractivity contribution < 1.29 is 24.2 Å². The molecule has 2 amide bonds. The predicted molar refractivity (Wildman–Crippen MR) is 127 cm³/mol. The van der Waals surface area contributed by atoms with Crippen molar-refractivity contribution in [2.24, 2.45) is 11.8 Å². The highest BCUT2D eigenvalue weighted by Gasteiger charge is 2.37. The van der Waals surface area contributed by atoms with Gasteiger partial charge in [0.1, 0.15) is 11.5 Å². The van der Waals surface area contributed by atoms with Gasteiger partial charge in [-0.2, -0.15) is 0 Å². The van der Waals surface area contributed by atoms with Crippen LogP contribution >= 0.6 is 11.3 Å². The summed E-state index contributed by atoms with van der Waals surface area (Å²) in [7, 11) is 0. The number of aromatic nitrogens is 1. The number of likely N-dealkylation sites (tertiary alicyclic amines) is 1. The molecule has 0 radical (unpaired) electrons. The SMILES string of the molecule is CC1CN(C(=O)c2cnc(NC(=O)OCC3c4ccccc4-c4ccccc43)s2)CC1C(=O)O. The van der Waals surface area contributed by atoms with E-state index in [4.69, 9.17) is 4.74 Å². The van der Waals surface area contributed by atoms with Crippen LogP contribution in [-0.2, 0) is 9.53 Å². The number of hydrogen-bond donors (Lipinski definition) is 2. The van der Waals surface area contributed by atoms with E-state index >= 15 is 0 Å². The highest BCUT2D eigenvalue weighted by atomic mass is 32.1. The van der Waals surface area contributed by atoms with Gasteiger partial charge in [-0.3, -0.25) is 14.9 Å². The number of fused-ring (bicyclic) bond motifs is 3. The van der Waals surface area contributed by atoms with Crippen molar-refractivity contribution in [1.82, 2.24) is 9.88 Å². The van der Waals surface area contributed by atoms with E-state index in [-0.39, 0.29) is 36.0 Å². The van der Waals surface area contributed by atoms with Crippen LogP contribution in [0.15, 0.2) is 54.7 Å². The van der Waals surface area contributed by atoms with E-state index in [0.717, 1.165) is 33.6 Å². The van der Waals surface area contributed by atoms with Gasteiger partial charge in [0.25, 0.3) is 5.91 Å². The zero-order valence-corrected chi connectivity index (χ0v) is 19.2. The quantitative estimate of drug-likeness (QED) is 0.567. The van der Waals surface area contributed by atoms with E-state index in [0.29, 0.717) is 11.4 Å². The Hall–Kier alpha value is -3.72. The molecule has 1 fully saturated rings. The molecule has 0 bridgehead atoms. The fraction of sp³-hybridized carbons (Fsp3) is 0.280. The summed E-state index contributed by atoms with van der Waals surface area (Å²) in [6, 6.07) is 16.2. The van der Waals surface area contributed by atoms with Gasteiger partial charge >= 0.3 is 12.1 Å². The van der Waals surface area contributed by atoms with Gasteiger partial charge in [-0.05, 0) is 28.2 Å². The maximum absolute atomic E-state index is 12.8. The van der Waals surface area contributed by atoms with Crippen LogP contribution in [0.1, 0.15) is 33.6 Å². The van der Waals surface area contributed by atoms with Gasteiger partial charge < -0.3 is 14.7 Å². The van der Waals surface area contributed by atoms with Crippen LogP contribution < -0.4 is 5.32 Å². The second kappa shape index (κ2) is 8.90. The number of carboxylic acid groups (broad SMARTS) is 1. The van der Waals surface area contributed by atoms with Gasteiger partial charge in [0.05, 0.1) is 12.1 Å². The molecule has 1 saturated heterocycles. The zero-order chi connectivity index (χ0) is 23.8. The van der Waals surface area contributed by atoms with E-state index < -0.39 is 18.0 Å². The highest BCUT2D eigenvalue weighted by molar-refractivity contribution is 7.17. The van der Waals surface area contributed by atoms with Crippen LogP contribution in [-0.4, -0.2) is 52.7 Å². The molecule has 174 valence electrons. The molecule has 9 heteroatoms. The summed E-state index contributed by atoms with van der Waals surface area (Å²) in [5.74, 6) is -1.92. The molecule has 2 aromatic carbocycles. The van der Waals surface area contributed by atoms with Crippen LogP contribution in [0.3, 0.4) is 0 Å². The Balaban J connectivity index is 1.21. The number of hydrogen-bond acceptors (Lipinski definition) is 6. The van der Waals surface area contributed by atoms with Crippen LogP contribution in [0, 0.1) is 11.8 Å². The number of carbonyl (C=O) groups is 3. The molecule has 1 aromatic heterocycles. The fourth-order valence-electron chi connectivity index (χ4n) is 4.76. The number of carboxylic acids is 1. The minimum absolute atomic E-state index is 0.0501. The first-order valence-electron chi connectivity index (χ1n) is 11.0. The van der Waals surface area contributed by atoms with E-state index in [2.05, 4.69) is 22.4 Å². The number of aliphatic carboxylic acids is 1. The topological polar surface area (TPSA) is 109 Å². The predicted octanol–water partition coefficient (Wildman–Crippen LogP) is 4.30. The third-order valence-electron chi connectivity index (χ3n) is 6.49. The van der Waals surface area contributed by atoms with Crippen LogP contribution in [0.5, 0.6) is 0 Å². The Bertz CT molecular complexity index is 1230. The van der Waals surface area contributed by atoms with E-state index in [1.165, 1.54) is 11.1 Å². The van der Waals surface area contributed by atoms with Crippen molar-refractivity contribution in [3.63, 3.8) is 0 Å². The first kappa shape index (κ1) is 22.1. The lowest BCUT2D eigenvalue weighted by molar-refractivity contribution is -0.142. The second-order valence-corrected chi connectivity index (χ2v) is 9.64. The molecular formula is C25H23N3O5S. The third-order valence-corrected chi connectivity index (χ3v) is 7.39. The summed E-state index contributed by atoms with van der Waals surface area (Å²) in [5, 5.41) is 12.1. The summed E-state index contributed by atoms with van der Waals surface area (Å²) >= 11 is 1.04. The molecule has 8 nitrogen and oxygen atoms in total. The molecule has 2 atom stereocenters. The molecular weight excluding hydrogens is 454 g/mol. The number of thiazole rings is 1. The van der Waals surface area contributed by atoms with Crippen molar-refractivity contribution in [1.29, 1.82) is 0 Å². The number of anilines is 1. The van der Waals surface area contributed by atoms with Crippen LogP contribution in [0.4, 0.5) is 9.93 Å². The molecule has 0 saturated carbocycles. The van der Waals surface area contributed by atoms with Crippen molar-refractivity contribution in [3.05, 3.63) is 70.7 Å². The average molecular weight is 478 g/mol. The molecule has 5 rings (SSSR count). The Morgan fingerprint density at radius 1 is 1.09 bits per heavy atom. The molecule has 2 heterocycles. The number of rotatable bonds is 5. The summed E-state index contributed by atoms with van der Waals surface area (Å²) in [6.45, 7) is 2.55. The average Bonchev–Trinajstić information content (AvgIpc) is 3.53. The van der Waals surface area contributed by atoms with Crippen molar-refractivity contribution in [2.45, 2.75) is 12.8 Å². The standard InChI is InChI=1S/C25H23N3O5S/c1-14-11-28(12-19(14)23(30)31)22(29)21-10-26-24(34-21)27-25(32)33-13-20-17-8-4-2-6-15(17)16-7-3-5-9-18(16)20/h2-10,14,19-20H,11-13H2,1H3,(H,30,31)(H,26,27,32). The second-order valence-electron chi connectivity index (χ2n) is 8.61. The summed E-state index contributed by atoms with van der Waals surface area (Å²) < 4.78 is 5.52. The number of amides is 2. The molecule has 34 heavy (non-hydrogen) atoms. The normalized spacial score (nSPS) is 18.9. The van der Waals surface area contributed by atoms with Gasteiger partial charge in [0, 0.05) is 19.0 Å². The van der Waals surface area contributed by atoms with Gasteiger partial charge in [0.2, 0.25) is 0 Å². The minimum Gasteiger partial charge on any atom is -0.481 e. The molecule has 1 aliphatic carbocycles. The van der Waals surface area contributed by atoms with E-state index in [1.807, 2.05) is 43.3 Å². The highest BCUT2D eigenvalue weighted by Crippen LogP contribution is 2.44. The summed E-state index contributed by atoms with van der Waals surface area (Å²) in [4.78, 5) is 42.5. The Morgan fingerprint density at radius 3 is 2.35 bits per heavy atom. The molecule has 3 aromatic rings. The maximum Gasteiger partial charge on any atom is 0.413 e. The molecule has 1 aliphatic heterocycles. The Morgan fingerprint density at radius 2 is 1.74 bits per heavy atom. The van der Waals surface area contributed by atoms with Crippen molar-refractivity contribution in [3.8, 4) is 11.1 Å². The fourth-order valence-corrected chi connectivity index (χ4v) is 5.53. The van der Waals surface area contributed by atoms with E-state index in [9.17, 15) is 19.5 Å². The first-order valence-corrected chi connectivity index (χ1v) is 11.8.